The molecule has 0 unspecified atom stereocenters. The predicted octanol–water partition coefficient (Wildman–Crippen LogP) is 2.86. The second kappa shape index (κ2) is 8.96. The fourth-order valence-electron chi connectivity index (χ4n) is 3.83. The monoisotopic (exact) mass is 468 g/mol. The Balaban J connectivity index is 1.43. The molecule has 8 nitrogen and oxygen atoms in total. The molecule has 32 heavy (non-hydrogen) atoms. The Morgan fingerprint density at radius 1 is 1.06 bits per heavy atom. The van der Waals surface area contributed by atoms with E-state index in [2.05, 4.69) is 36.0 Å². The van der Waals surface area contributed by atoms with E-state index in [1.54, 1.807) is 11.0 Å². The van der Waals surface area contributed by atoms with E-state index in [9.17, 15) is 8.42 Å². The van der Waals surface area contributed by atoms with Crippen molar-refractivity contribution in [1.29, 1.82) is 5.26 Å². The third-order valence-corrected chi connectivity index (χ3v) is 7.95. The van der Waals surface area contributed by atoms with Gasteiger partial charge in [-0.1, -0.05) is 17.7 Å². The van der Waals surface area contributed by atoms with Crippen LogP contribution in [0.1, 0.15) is 16.7 Å². The van der Waals surface area contributed by atoms with Crippen LogP contribution in [0.25, 0.3) is 5.69 Å². The summed E-state index contributed by atoms with van der Waals surface area (Å²) in [5.74, 6) is 0. The molecule has 0 N–H and O–H groups in total. The average Bonchev–Trinajstić information content (AvgIpc) is 3.14. The van der Waals surface area contributed by atoms with E-state index in [-0.39, 0.29) is 4.90 Å². The van der Waals surface area contributed by atoms with Gasteiger partial charge in [0.25, 0.3) is 0 Å². The van der Waals surface area contributed by atoms with Crippen molar-refractivity contribution in [3.8, 4) is 11.8 Å². The van der Waals surface area contributed by atoms with Crippen LogP contribution in [-0.2, 0) is 16.7 Å². The second-order valence-electron chi connectivity index (χ2n) is 7.87. The Hall–Kier alpha value is -2.84. The highest BCUT2D eigenvalue weighted by Gasteiger charge is 2.28. The molecule has 1 aliphatic rings. The van der Waals surface area contributed by atoms with Gasteiger partial charge < -0.3 is 0 Å². The van der Waals surface area contributed by atoms with Gasteiger partial charge in [-0.05, 0) is 62.0 Å². The minimum absolute atomic E-state index is 0.208. The summed E-state index contributed by atoms with van der Waals surface area (Å²) >= 11 is 5.64. The van der Waals surface area contributed by atoms with Crippen LogP contribution in [0, 0.1) is 29.9 Å². The lowest BCUT2D eigenvalue weighted by atomic mass is 10.1. The first-order valence-electron chi connectivity index (χ1n) is 10.2. The van der Waals surface area contributed by atoms with E-state index in [1.165, 1.54) is 34.1 Å². The molecule has 2 heterocycles. The van der Waals surface area contributed by atoms with Gasteiger partial charge in [-0.2, -0.15) is 14.7 Å². The number of nitriles is 1. The standard InChI is InChI=1S/C22H24N6O2S2/c1-17-3-8-21(18(2)13-17)27-15-24-28(22(27)31)16-25-9-11-26(12-10-25)32(29,30)20-6-4-19(14-23)5-7-20/h3-8,13,15H,9-12,16H2,1-2H3. The van der Waals surface area contributed by atoms with Gasteiger partial charge in [-0.3, -0.25) is 9.47 Å². The van der Waals surface area contributed by atoms with Gasteiger partial charge in [0.05, 0.1) is 28.9 Å². The van der Waals surface area contributed by atoms with E-state index < -0.39 is 10.0 Å². The van der Waals surface area contributed by atoms with Gasteiger partial charge in [-0.15, -0.1) is 0 Å². The van der Waals surface area contributed by atoms with E-state index in [1.807, 2.05) is 16.7 Å². The van der Waals surface area contributed by atoms with Gasteiger partial charge in [0.2, 0.25) is 14.8 Å². The summed E-state index contributed by atoms with van der Waals surface area (Å²) in [5, 5.41) is 13.4. The normalized spacial score (nSPS) is 15.5. The predicted molar refractivity (Wildman–Crippen MR) is 123 cm³/mol. The fraction of sp³-hybridized carbons (Fsp3) is 0.318. The van der Waals surface area contributed by atoms with Gasteiger partial charge in [0.1, 0.15) is 6.33 Å². The Kier molecular flexibility index (Phi) is 6.26. The lowest BCUT2D eigenvalue weighted by Gasteiger charge is -2.33. The maximum Gasteiger partial charge on any atom is 0.243 e. The Labute approximate surface area is 193 Å². The molecule has 10 heteroatoms. The molecule has 1 fully saturated rings. The van der Waals surface area contributed by atoms with Crippen LogP contribution in [0.2, 0.25) is 0 Å². The number of rotatable bonds is 5. The van der Waals surface area contributed by atoms with Gasteiger partial charge >= 0.3 is 0 Å². The summed E-state index contributed by atoms with van der Waals surface area (Å²) in [4.78, 5) is 2.35. The topological polar surface area (TPSA) is 87.2 Å². The summed E-state index contributed by atoms with van der Waals surface area (Å²) in [7, 11) is -3.58. The number of aryl methyl sites for hydroxylation is 2. The molecule has 0 saturated carbocycles. The average molecular weight is 469 g/mol. The zero-order valence-electron chi connectivity index (χ0n) is 18.0. The molecule has 0 atom stereocenters. The molecule has 2 aromatic carbocycles. The van der Waals surface area contributed by atoms with E-state index in [4.69, 9.17) is 17.5 Å². The van der Waals surface area contributed by atoms with Crippen LogP contribution < -0.4 is 0 Å². The van der Waals surface area contributed by atoms with Crippen LogP contribution in [0.15, 0.2) is 53.7 Å². The third kappa shape index (κ3) is 4.38. The Bertz CT molecular complexity index is 1330. The van der Waals surface area contributed by atoms with Crippen LogP contribution in [0.3, 0.4) is 0 Å². The number of hydrogen-bond acceptors (Lipinski definition) is 6. The van der Waals surface area contributed by atoms with Crippen LogP contribution in [0.5, 0.6) is 0 Å². The maximum atomic E-state index is 12.9. The molecule has 0 aliphatic carbocycles. The van der Waals surface area contributed by atoms with Crippen LogP contribution >= 0.6 is 12.2 Å². The van der Waals surface area contributed by atoms with Crippen molar-refractivity contribution >= 4 is 22.2 Å². The molecule has 1 aromatic heterocycles. The molecular weight excluding hydrogens is 444 g/mol. The summed E-state index contributed by atoms with van der Waals surface area (Å²) in [6.45, 7) is 6.53. The zero-order valence-corrected chi connectivity index (χ0v) is 19.6. The first kappa shape index (κ1) is 22.4. The quantitative estimate of drug-likeness (QED) is 0.535. The Morgan fingerprint density at radius 2 is 1.75 bits per heavy atom. The van der Waals surface area contributed by atoms with Gasteiger partial charge in [-0.25, -0.2) is 13.1 Å². The van der Waals surface area contributed by atoms with E-state index >= 15 is 0 Å². The Morgan fingerprint density at radius 3 is 2.38 bits per heavy atom. The summed E-state index contributed by atoms with van der Waals surface area (Å²) in [6.07, 6.45) is 1.73. The molecule has 0 bridgehead atoms. The number of benzene rings is 2. The first-order chi connectivity index (χ1) is 15.3. The van der Waals surface area contributed by atoms with Gasteiger partial charge in [0, 0.05) is 26.2 Å². The number of sulfonamides is 1. The van der Waals surface area contributed by atoms with Crippen molar-refractivity contribution in [2.24, 2.45) is 0 Å². The van der Waals surface area contributed by atoms with Crippen LogP contribution in [0.4, 0.5) is 0 Å². The van der Waals surface area contributed by atoms with Crippen molar-refractivity contribution in [2.45, 2.75) is 25.4 Å². The molecule has 4 rings (SSSR count). The number of nitrogens with zero attached hydrogens (tertiary/aromatic N) is 6. The van der Waals surface area contributed by atoms with Crippen LogP contribution in [-0.4, -0.2) is 58.1 Å². The zero-order chi connectivity index (χ0) is 22.9. The highest BCUT2D eigenvalue weighted by atomic mass is 32.2. The highest BCUT2D eigenvalue weighted by molar-refractivity contribution is 7.89. The fourth-order valence-corrected chi connectivity index (χ4v) is 5.50. The molecule has 0 radical (unpaired) electrons. The lowest BCUT2D eigenvalue weighted by Crippen LogP contribution is -2.48. The first-order valence-corrected chi connectivity index (χ1v) is 12.1. The number of piperazine rings is 1. The smallest absolute Gasteiger partial charge is 0.243 e. The van der Waals surface area contributed by atoms with Crippen molar-refractivity contribution < 1.29 is 8.42 Å². The second-order valence-corrected chi connectivity index (χ2v) is 10.2. The maximum absolute atomic E-state index is 12.9. The molecule has 3 aromatic rings. The van der Waals surface area contributed by atoms with Crippen molar-refractivity contribution in [1.82, 2.24) is 23.6 Å². The van der Waals surface area contributed by atoms with Crippen molar-refractivity contribution in [3.05, 3.63) is 70.3 Å². The number of hydrogen-bond donors (Lipinski definition) is 0. The minimum Gasteiger partial charge on any atom is -0.282 e. The van der Waals surface area contributed by atoms with Crippen molar-refractivity contribution in [2.75, 3.05) is 26.2 Å². The molecular formula is C22H24N6O2S2. The summed E-state index contributed by atoms with van der Waals surface area (Å²) < 4.78 is 31.6. The molecule has 0 spiro atoms. The summed E-state index contributed by atoms with van der Waals surface area (Å²) in [5.41, 5.74) is 3.76. The lowest BCUT2D eigenvalue weighted by molar-refractivity contribution is 0.144. The molecule has 1 saturated heterocycles. The summed E-state index contributed by atoms with van der Waals surface area (Å²) in [6, 6.07) is 14.2. The SMILES string of the molecule is Cc1ccc(-n2cnn(CN3CCN(S(=O)(=O)c4ccc(C#N)cc4)CC3)c2=S)c(C)c1. The van der Waals surface area contributed by atoms with Crippen molar-refractivity contribution in [3.63, 3.8) is 0 Å². The molecule has 0 amide bonds. The molecule has 166 valence electrons. The van der Waals surface area contributed by atoms with E-state index in [0.717, 1.165) is 11.3 Å². The van der Waals surface area contributed by atoms with Gasteiger partial charge in [0.15, 0.2) is 0 Å². The minimum atomic E-state index is -3.58. The number of aromatic nitrogens is 3. The largest absolute Gasteiger partial charge is 0.282 e. The highest BCUT2D eigenvalue weighted by Crippen LogP contribution is 2.19. The van der Waals surface area contributed by atoms with E-state index in [0.29, 0.717) is 43.2 Å². The molecule has 1 aliphatic heterocycles. The third-order valence-electron chi connectivity index (χ3n) is 5.63.